The Morgan fingerprint density at radius 3 is 2.69 bits per heavy atom. The lowest BCUT2D eigenvalue weighted by atomic mass is 10.5. The number of thioether (sulfide) groups is 1. The molecule has 0 spiro atoms. The smallest absolute Gasteiger partial charge is 0.236 e. The van der Waals surface area contributed by atoms with Gasteiger partial charge in [0.2, 0.25) is 5.91 Å². The van der Waals surface area contributed by atoms with E-state index in [1.165, 1.54) is 0 Å². The van der Waals surface area contributed by atoms with Crippen molar-refractivity contribution in [3.63, 3.8) is 0 Å². The van der Waals surface area contributed by atoms with E-state index in [2.05, 4.69) is 12.2 Å². The van der Waals surface area contributed by atoms with Crippen LogP contribution in [0.25, 0.3) is 0 Å². The average Bonchev–Trinajstić information content (AvgIpc) is 2.16. The van der Waals surface area contributed by atoms with Crippen LogP contribution in [0.2, 0.25) is 0 Å². The highest BCUT2D eigenvalue weighted by Crippen LogP contribution is 1.94. The van der Waals surface area contributed by atoms with Crippen LogP contribution in [0, 0.1) is 0 Å². The van der Waals surface area contributed by atoms with Gasteiger partial charge in [0.25, 0.3) is 0 Å². The van der Waals surface area contributed by atoms with Gasteiger partial charge in [0, 0.05) is 25.9 Å². The summed E-state index contributed by atoms with van der Waals surface area (Å²) in [5.41, 5.74) is 0. The summed E-state index contributed by atoms with van der Waals surface area (Å²) >= 11 is 1.89. The zero-order chi connectivity index (χ0) is 10.1. The Morgan fingerprint density at radius 1 is 1.46 bits per heavy atom. The number of carbonyl (C=O) groups excluding carboxylic acids is 1. The monoisotopic (exact) mass is 204 g/mol. The number of nitrogens with one attached hydrogen (secondary N) is 1. The quantitative estimate of drug-likeness (QED) is 0.623. The first-order chi connectivity index (χ1) is 6.22. The number of nitrogens with zero attached hydrogens (tertiary/aromatic N) is 1. The van der Waals surface area contributed by atoms with E-state index < -0.39 is 0 Å². The van der Waals surface area contributed by atoms with Crippen LogP contribution in [0.4, 0.5) is 0 Å². The number of likely N-dealkylation sites (N-methyl/N-ethyl adjacent to an activating group) is 1. The molecule has 0 bridgehead atoms. The summed E-state index contributed by atoms with van der Waals surface area (Å²) in [6.07, 6.45) is 0. The highest BCUT2D eigenvalue weighted by molar-refractivity contribution is 7.99. The van der Waals surface area contributed by atoms with Gasteiger partial charge in [0.1, 0.15) is 0 Å². The van der Waals surface area contributed by atoms with Crippen LogP contribution in [0.3, 0.4) is 0 Å². The molecule has 0 aromatic rings. The van der Waals surface area contributed by atoms with Gasteiger partial charge in [-0.05, 0) is 12.7 Å². The number of hydrogen-bond donors (Lipinski definition) is 1. The highest BCUT2D eigenvalue weighted by atomic mass is 32.2. The van der Waals surface area contributed by atoms with E-state index in [0.717, 1.165) is 24.6 Å². The summed E-state index contributed by atoms with van der Waals surface area (Å²) in [7, 11) is 1.82. The molecule has 0 aliphatic rings. The number of hydrogen-bond acceptors (Lipinski definition) is 3. The van der Waals surface area contributed by atoms with Crippen molar-refractivity contribution < 1.29 is 4.79 Å². The molecule has 1 amide bonds. The van der Waals surface area contributed by atoms with Gasteiger partial charge in [-0.3, -0.25) is 4.79 Å². The SMILES string of the molecule is CCSCCNCC(=O)N(C)CC. The largest absolute Gasteiger partial charge is 0.345 e. The summed E-state index contributed by atoms with van der Waals surface area (Å²) in [5, 5.41) is 3.12. The van der Waals surface area contributed by atoms with Crippen LogP contribution in [0.5, 0.6) is 0 Å². The molecule has 0 aromatic heterocycles. The lowest BCUT2D eigenvalue weighted by molar-refractivity contribution is -0.128. The van der Waals surface area contributed by atoms with Crippen LogP contribution >= 0.6 is 11.8 Å². The molecule has 0 fully saturated rings. The molecule has 0 aliphatic carbocycles. The second-order valence-electron chi connectivity index (χ2n) is 2.78. The normalized spacial score (nSPS) is 10.1. The summed E-state index contributed by atoms with van der Waals surface area (Å²) in [5.74, 6) is 2.40. The molecule has 0 atom stereocenters. The Kier molecular flexibility index (Phi) is 8.24. The Balaban J connectivity index is 3.27. The van der Waals surface area contributed by atoms with Gasteiger partial charge in [-0.15, -0.1) is 0 Å². The second-order valence-corrected chi connectivity index (χ2v) is 4.18. The molecule has 0 saturated heterocycles. The maximum absolute atomic E-state index is 11.3. The first-order valence-electron chi connectivity index (χ1n) is 4.74. The molecule has 0 unspecified atom stereocenters. The standard InChI is InChI=1S/C9H20N2OS/c1-4-11(3)9(12)8-10-6-7-13-5-2/h10H,4-8H2,1-3H3. The van der Waals surface area contributed by atoms with Gasteiger partial charge >= 0.3 is 0 Å². The zero-order valence-corrected chi connectivity index (χ0v) is 9.62. The van der Waals surface area contributed by atoms with E-state index in [9.17, 15) is 4.79 Å². The summed E-state index contributed by atoms with van der Waals surface area (Å²) in [6, 6.07) is 0. The first-order valence-corrected chi connectivity index (χ1v) is 5.90. The maximum Gasteiger partial charge on any atom is 0.236 e. The topological polar surface area (TPSA) is 32.3 Å². The molecule has 0 aromatic carbocycles. The van der Waals surface area contributed by atoms with Crippen LogP contribution in [-0.2, 0) is 4.79 Å². The van der Waals surface area contributed by atoms with Gasteiger partial charge in [-0.1, -0.05) is 6.92 Å². The van der Waals surface area contributed by atoms with Crippen molar-refractivity contribution in [2.45, 2.75) is 13.8 Å². The average molecular weight is 204 g/mol. The fraction of sp³-hybridized carbons (Fsp3) is 0.889. The van der Waals surface area contributed by atoms with Crippen molar-refractivity contribution in [1.29, 1.82) is 0 Å². The molecule has 0 heterocycles. The Labute approximate surface area is 85.3 Å². The van der Waals surface area contributed by atoms with Crippen molar-refractivity contribution in [1.82, 2.24) is 10.2 Å². The molecule has 4 heteroatoms. The van der Waals surface area contributed by atoms with Crippen LogP contribution in [-0.4, -0.2) is 49.0 Å². The molecule has 1 N–H and O–H groups in total. The molecule has 0 saturated carbocycles. The third-order valence-corrected chi connectivity index (χ3v) is 2.70. The van der Waals surface area contributed by atoms with Crippen molar-refractivity contribution in [3.05, 3.63) is 0 Å². The minimum absolute atomic E-state index is 0.170. The molecule has 0 rings (SSSR count). The lowest BCUT2D eigenvalue weighted by Crippen LogP contribution is -2.36. The Morgan fingerprint density at radius 2 is 2.15 bits per heavy atom. The molecule has 78 valence electrons. The van der Waals surface area contributed by atoms with Crippen molar-refractivity contribution in [2.75, 3.05) is 38.2 Å². The van der Waals surface area contributed by atoms with E-state index >= 15 is 0 Å². The third kappa shape index (κ3) is 6.90. The third-order valence-electron chi connectivity index (χ3n) is 1.80. The minimum Gasteiger partial charge on any atom is -0.345 e. The zero-order valence-electron chi connectivity index (χ0n) is 8.80. The van der Waals surface area contributed by atoms with Crippen LogP contribution in [0.1, 0.15) is 13.8 Å². The molecule has 3 nitrogen and oxygen atoms in total. The van der Waals surface area contributed by atoms with Gasteiger partial charge in [0.05, 0.1) is 6.54 Å². The fourth-order valence-corrected chi connectivity index (χ4v) is 1.37. The van der Waals surface area contributed by atoms with E-state index in [1.54, 1.807) is 4.90 Å². The fourth-order valence-electron chi connectivity index (χ4n) is 0.795. The van der Waals surface area contributed by atoms with Crippen molar-refractivity contribution in [2.24, 2.45) is 0 Å². The second kappa shape index (κ2) is 8.38. The lowest BCUT2D eigenvalue weighted by Gasteiger charge is -2.14. The number of rotatable bonds is 7. The van der Waals surface area contributed by atoms with Gasteiger partial charge in [0.15, 0.2) is 0 Å². The van der Waals surface area contributed by atoms with Crippen molar-refractivity contribution in [3.8, 4) is 0 Å². The molecule has 0 aliphatic heterocycles. The summed E-state index contributed by atoms with van der Waals surface area (Å²) in [4.78, 5) is 13.0. The molecular weight excluding hydrogens is 184 g/mol. The summed E-state index contributed by atoms with van der Waals surface area (Å²) in [6.45, 7) is 6.28. The molecule has 13 heavy (non-hydrogen) atoms. The Hall–Kier alpha value is -0.220. The number of carbonyl (C=O) groups is 1. The van der Waals surface area contributed by atoms with E-state index in [1.807, 2.05) is 25.7 Å². The maximum atomic E-state index is 11.3. The molecular formula is C9H20N2OS. The predicted octanol–water partition coefficient (Wildman–Crippen LogP) is 0.807. The minimum atomic E-state index is 0.170. The molecule has 0 radical (unpaired) electrons. The summed E-state index contributed by atoms with van der Waals surface area (Å²) < 4.78 is 0. The van der Waals surface area contributed by atoms with Crippen molar-refractivity contribution >= 4 is 17.7 Å². The number of amides is 1. The van der Waals surface area contributed by atoms with Gasteiger partial charge in [-0.2, -0.15) is 11.8 Å². The van der Waals surface area contributed by atoms with E-state index in [0.29, 0.717) is 6.54 Å². The van der Waals surface area contributed by atoms with E-state index in [4.69, 9.17) is 0 Å². The van der Waals surface area contributed by atoms with E-state index in [-0.39, 0.29) is 5.91 Å². The first kappa shape index (κ1) is 12.8. The van der Waals surface area contributed by atoms with Crippen LogP contribution < -0.4 is 5.32 Å². The predicted molar refractivity (Wildman–Crippen MR) is 59.2 cm³/mol. The Bertz CT molecular complexity index is 142. The highest BCUT2D eigenvalue weighted by Gasteiger charge is 2.04. The van der Waals surface area contributed by atoms with Gasteiger partial charge < -0.3 is 10.2 Å². The van der Waals surface area contributed by atoms with Crippen LogP contribution in [0.15, 0.2) is 0 Å². The van der Waals surface area contributed by atoms with Gasteiger partial charge in [-0.25, -0.2) is 0 Å².